The molecule has 1 rings (SSSR count). The molecule has 1 heterocycles. The molecule has 1 aromatic rings. The Balaban J connectivity index is 2.64. The second-order valence-electron chi connectivity index (χ2n) is 3.90. The molecule has 0 aliphatic carbocycles. The molecular formula is C12H21N3S. The van der Waals surface area contributed by atoms with Crippen molar-refractivity contribution in [1.82, 2.24) is 10.3 Å². The van der Waals surface area contributed by atoms with Gasteiger partial charge in [0.15, 0.2) is 0 Å². The number of aromatic nitrogens is 1. The van der Waals surface area contributed by atoms with Crippen LogP contribution in [0.1, 0.15) is 31.9 Å². The lowest BCUT2D eigenvalue weighted by Crippen LogP contribution is -2.21. The van der Waals surface area contributed by atoms with Crippen molar-refractivity contribution in [3.05, 3.63) is 24.0 Å². The molecule has 2 unspecified atom stereocenters. The van der Waals surface area contributed by atoms with Crippen LogP contribution < -0.4 is 11.1 Å². The Hall–Kier alpha value is -0.740. The van der Waals surface area contributed by atoms with Gasteiger partial charge in [-0.25, -0.2) is 0 Å². The smallest absolute Gasteiger partial charge is 0.0445 e. The first-order valence-electron chi connectivity index (χ1n) is 5.67. The van der Waals surface area contributed by atoms with Crippen LogP contribution in [-0.4, -0.2) is 23.0 Å². The highest BCUT2D eigenvalue weighted by Crippen LogP contribution is 2.25. The van der Waals surface area contributed by atoms with Crippen molar-refractivity contribution in [2.24, 2.45) is 0 Å². The summed E-state index contributed by atoms with van der Waals surface area (Å²) in [5.74, 6) is 1.03. The number of nitrogens with one attached hydrogen (secondary N) is 1. The topological polar surface area (TPSA) is 50.9 Å². The zero-order valence-corrected chi connectivity index (χ0v) is 11.1. The van der Waals surface area contributed by atoms with Crippen molar-refractivity contribution in [3.8, 4) is 0 Å². The Morgan fingerprint density at radius 2 is 2.31 bits per heavy atom. The summed E-state index contributed by atoms with van der Waals surface area (Å²) in [6, 6.07) is 2.14. The second kappa shape index (κ2) is 6.76. The number of rotatable bonds is 6. The average molecular weight is 239 g/mol. The van der Waals surface area contributed by atoms with Crippen LogP contribution in [0.15, 0.2) is 18.5 Å². The van der Waals surface area contributed by atoms with Crippen molar-refractivity contribution in [2.45, 2.75) is 31.6 Å². The molecule has 0 aromatic carbocycles. The molecule has 0 aliphatic rings. The molecular weight excluding hydrogens is 218 g/mol. The van der Waals surface area contributed by atoms with Crippen LogP contribution in [0.2, 0.25) is 0 Å². The van der Waals surface area contributed by atoms with Crippen molar-refractivity contribution in [2.75, 3.05) is 18.5 Å². The monoisotopic (exact) mass is 239 g/mol. The third kappa shape index (κ3) is 3.68. The van der Waals surface area contributed by atoms with E-state index < -0.39 is 0 Å². The normalized spacial score (nSPS) is 14.7. The molecule has 0 radical (unpaired) electrons. The number of hydrogen-bond acceptors (Lipinski definition) is 4. The van der Waals surface area contributed by atoms with Gasteiger partial charge in [-0.3, -0.25) is 4.98 Å². The average Bonchev–Trinajstić information content (AvgIpc) is 2.31. The Morgan fingerprint density at radius 1 is 1.56 bits per heavy atom. The lowest BCUT2D eigenvalue weighted by atomic mass is 10.1. The first kappa shape index (κ1) is 13.3. The van der Waals surface area contributed by atoms with E-state index in [1.165, 1.54) is 6.42 Å². The van der Waals surface area contributed by atoms with E-state index in [1.54, 1.807) is 6.20 Å². The summed E-state index contributed by atoms with van der Waals surface area (Å²) in [5.41, 5.74) is 7.86. The number of hydrogen-bond donors (Lipinski definition) is 2. The van der Waals surface area contributed by atoms with Crippen molar-refractivity contribution in [1.29, 1.82) is 0 Å². The van der Waals surface area contributed by atoms with Crippen LogP contribution in [0.5, 0.6) is 0 Å². The summed E-state index contributed by atoms with van der Waals surface area (Å²) >= 11 is 1.97. The highest BCUT2D eigenvalue weighted by molar-refractivity contribution is 7.99. The van der Waals surface area contributed by atoms with Gasteiger partial charge in [0.1, 0.15) is 0 Å². The fraction of sp³-hybridized carbons (Fsp3) is 0.583. The molecule has 16 heavy (non-hydrogen) atoms. The number of pyridine rings is 1. The van der Waals surface area contributed by atoms with Crippen molar-refractivity contribution in [3.63, 3.8) is 0 Å². The fourth-order valence-electron chi connectivity index (χ4n) is 1.42. The molecule has 0 bridgehead atoms. The van der Waals surface area contributed by atoms with Crippen LogP contribution in [0.3, 0.4) is 0 Å². The van der Waals surface area contributed by atoms with E-state index in [1.807, 2.05) is 31.1 Å². The summed E-state index contributed by atoms with van der Waals surface area (Å²) in [5, 5.41) is 3.99. The Labute approximate surface area is 102 Å². The Kier molecular flexibility index (Phi) is 5.63. The van der Waals surface area contributed by atoms with E-state index in [4.69, 9.17) is 5.73 Å². The fourth-order valence-corrected chi connectivity index (χ4v) is 2.52. The maximum Gasteiger partial charge on any atom is 0.0445 e. The molecule has 4 heteroatoms. The third-order valence-electron chi connectivity index (χ3n) is 2.73. The van der Waals surface area contributed by atoms with Crippen LogP contribution in [-0.2, 0) is 0 Å². The molecule has 3 nitrogen and oxygen atoms in total. The first-order chi connectivity index (χ1) is 7.69. The lowest BCUT2D eigenvalue weighted by molar-refractivity contribution is 0.659. The molecule has 0 aliphatic heterocycles. The van der Waals surface area contributed by atoms with E-state index in [2.05, 4.69) is 24.1 Å². The molecule has 0 fully saturated rings. The highest BCUT2D eigenvalue weighted by Gasteiger charge is 2.13. The molecule has 0 saturated carbocycles. The number of nitrogens with two attached hydrogens (primary N) is 1. The van der Waals surface area contributed by atoms with Gasteiger partial charge < -0.3 is 11.1 Å². The summed E-state index contributed by atoms with van der Waals surface area (Å²) in [6.45, 7) is 4.47. The maximum absolute atomic E-state index is 5.95. The number of thioether (sulfide) groups is 1. The molecule has 90 valence electrons. The maximum atomic E-state index is 5.95. The summed E-state index contributed by atoms with van der Waals surface area (Å²) in [4.78, 5) is 4.13. The van der Waals surface area contributed by atoms with E-state index in [0.717, 1.165) is 17.0 Å². The van der Waals surface area contributed by atoms with E-state index in [0.29, 0.717) is 5.25 Å². The van der Waals surface area contributed by atoms with Gasteiger partial charge in [0, 0.05) is 40.7 Å². The summed E-state index contributed by atoms with van der Waals surface area (Å²) in [7, 11) is 1.97. The Bertz CT molecular complexity index is 317. The first-order valence-corrected chi connectivity index (χ1v) is 6.72. The molecule has 3 N–H and O–H groups in total. The van der Waals surface area contributed by atoms with E-state index in [9.17, 15) is 0 Å². The second-order valence-corrected chi connectivity index (χ2v) is 5.37. The zero-order chi connectivity index (χ0) is 12.0. The molecule has 0 spiro atoms. The number of anilines is 1. The standard InChI is InChI=1S/C12H21N3S/c1-4-9(2)16-8-12(14-3)10-7-15-6-5-11(10)13/h5-7,9,12,14H,4,8H2,1-3H3,(H2,13,15). The largest absolute Gasteiger partial charge is 0.398 e. The van der Waals surface area contributed by atoms with Crippen LogP contribution in [0.25, 0.3) is 0 Å². The van der Waals surface area contributed by atoms with Gasteiger partial charge >= 0.3 is 0 Å². The van der Waals surface area contributed by atoms with Gasteiger partial charge in [0.05, 0.1) is 0 Å². The minimum Gasteiger partial charge on any atom is -0.398 e. The Morgan fingerprint density at radius 3 is 2.88 bits per heavy atom. The quantitative estimate of drug-likeness (QED) is 0.800. The summed E-state index contributed by atoms with van der Waals surface area (Å²) in [6.07, 6.45) is 4.78. The third-order valence-corrected chi connectivity index (χ3v) is 4.16. The predicted octanol–water partition coefficient (Wildman–Crippen LogP) is 2.46. The van der Waals surface area contributed by atoms with Gasteiger partial charge in [0.25, 0.3) is 0 Å². The van der Waals surface area contributed by atoms with E-state index in [-0.39, 0.29) is 6.04 Å². The van der Waals surface area contributed by atoms with Crippen LogP contribution in [0.4, 0.5) is 5.69 Å². The van der Waals surface area contributed by atoms with Gasteiger partial charge in [-0.15, -0.1) is 0 Å². The highest BCUT2D eigenvalue weighted by atomic mass is 32.2. The zero-order valence-electron chi connectivity index (χ0n) is 10.2. The van der Waals surface area contributed by atoms with Gasteiger partial charge in [0.2, 0.25) is 0 Å². The molecule has 0 saturated heterocycles. The van der Waals surface area contributed by atoms with Crippen molar-refractivity contribution >= 4 is 17.4 Å². The van der Waals surface area contributed by atoms with Crippen LogP contribution >= 0.6 is 11.8 Å². The lowest BCUT2D eigenvalue weighted by Gasteiger charge is -2.19. The van der Waals surface area contributed by atoms with Gasteiger partial charge in [-0.05, 0) is 19.5 Å². The summed E-state index contributed by atoms with van der Waals surface area (Å²) < 4.78 is 0. The van der Waals surface area contributed by atoms with Gasteiger partial charge in [-0.2, -0.15) is 11.8 Å². The predicted molar refractivity (Wildman–Crippen MR) is 72.7 cm³/mol. The van der Waals surface area contributed by atoms with Gasteiger partial charge in [-0.1, -0.05) is 13.8 Å². The van der Waals surface area contributed by atoms with Crippen LogP contribution in [0, 0.1) is 0 Å². The molecule has 1 aromatic heterocycles. The van der Waals surface area contributed by atoms with E-state index >= 15 is 0 Å². The number of nitrogens with zero attached hydrogens (tertiary/aromatic N) is 1. The minimum atomic E-state index is 0.285. The molecule has 0 amide bonds. The van der Waals surface area contributed by atoms with Crippen molar-refractivity contribution < 1.29 is 0 Å². The molecule has 2 atom stereocenters. The number of nitrogen functional groups attached to an aromatic ring is 1. The SMILES string of the molecule is CCC(C)SCC(NC)c1cnccc1N. The minimum absolute atomic E-state index is 0.285.